The lowest BCUT2D eigenvalue weighted by molar-refractivity contribution is 0.212. The van der Waals surface area contributed by atoms with Crippen LogP contribution in [0.5, 0.6) is 5.75 Å². The molecule has 19 heavy (non-hydrogen) atoms. The number of thioether (sulfide) groups is 1. The minimum Gasteiger partial charge on any atom is -0.489 e. The van der Waals surface area contributed by atoms with Gasteiger partial charge in [-0.05, 0) is 30.7 Å². The van der Waals surface area contributed by atoms with Crippen molar-refractivity contribution in [3.05, 3.63) is 30.3 Å². The second-order valence-corrected chi connectivity index (χ2v) is 5.72. The van der Waals surface area contributed by atoms with Gasteiger partial charge in [0.05, 0.1) is 5.56 Å². The van der Waals surface area contributed by atoms with Crippen molar-refractivity contribution in [3.8, 4) is 17.1 Å². The van der Waals surface area contributed by atoms with E-state index in [4.69, 9.17) is 15.0 Å². The van der Waals surface area contributed by atoms with Crippen LogP contribution in [0.15, 0.2) is 34.9 Å². The number of hydrogen-bond donors (Lipinski definition) is 1. The molecule has 1 atom stereocenters. The Morgan fingerprint density at radius 1 is 1.37 bits per heavy atom. The molecule has 0 bridgehead atoms. The Labute approximate surface area is 116 Å². The molecule has 1 aromatic carbocycles. The fourth-order valence-electron chi connectivity index (χ4n) is 2.17. The van der Waals surface area contributed by atoms with Gasteiger partial charge in [0.2, 0.25) is 0 Å². The number of ether oxygens (including phenoxy) is 1. The summed E-state index contributed by atoms with van der Waals surface area (Å²) in [4.78, 5) is 0. The third-order valence-electron chi connectivity index (χ3n) is 3.09. The first kappa shape index (κ1) is 12.4. The third-order valence-corrected chi connectivity index (χ3v) is 4.28. The quantitative estimate of drug-likeness (QED) is 0.932. The van der Waals surface area contributed by atoms with Crippen molar-refractivity contribution in [2.45, 2.75) is 18.9 Å². The van der Waals surface area contributed by atoms with Gasteiger partial charge in [-0.15, -0.1) is 0 Å². The molecule has 2 aromatic rings. The van der Waals surface area contributed by atoms with Crippen LogP contribution in [0.4, 0.5) is 5.82 Å². The molecular weight excluding hydrogens is 260 g/mol. The summed E-state index contributed by atoms with van der Waals surface area (Å²) in [5.41, 5.74) is 6.51. The fraction of sp³-hybridized carbons (Fsp3) is 0.357. The number of benzene rings is 1. The summed E-state index contributed by atoms with van der Waals surface area (Å²) < 4.78 is 11.3. The van der Waals surface area contributed by atoms with Crippen molar-refractivity contribution in [1.29, 1.82) is 0 Å². The summed E-state index contributed by atoms with van der Waals surface area (Å²) >= 11 is 1.95. The van der Waals surface area contributed by atoms with Crippen LogP contribution >= 0.6 is 11.8 Å². The minimum atomic E-state index is 0.278. The number of aromatic nitrogens is 1. The minimum absolute atomic E-state index is 0.278. The predicted octanol–water partition coefficient (Wildman–Crippen LogP) is 3.20. The Morgan fingerprint density at radius 3 is 3.00 bits per heavy atom. The first-order valence-electron chi connectivity index (χ1n) is 6.39. The smallest absolute Gasteiger partial charge is 0.172 e. The van der Waals surface area contributed by atoms with Crippen LogP contribution in [0.2, 0.25) is 0 Å². The van der Waals surface area contributed by atoms with Crippen molar-refractivity contribution in [3.63, 3.8) is 0 Å². The van der Waals surface area contributed by atoms with E-state index < -0.39 is 0 Å². The Kier molecular flexibility index (Phi) is 3.64. The zero-order valence-corrected chi connectivity index (χ0v) is 11.4. The van der Waals surface area contributed by atoms with Crippen molar-refractivity contribution in [1.82, 2.24) is 5.16 Å². The van der Waals surface area contributed by atoms with Gasteiger partial charge in [0, 0.05) is 11.8 Å². The van der Waals surface area contributed by atoms with Gasteiger partial charge in [-0.2, -0.15) is 11.8 Å². The molecule has 2 N–H and O–H groups in total. The maximum absolute atomic E-state index is 6.10. The number of nitrogen functional groups attached to an aromatic ring is 1. The van der Waals surface area contributed by atoms with E-state index in [1.54, 1.807) is 6.07 Å². The molecule has 5 heteroatoms. The fourth-order valence-corrected chi connectivity index (χ4v) is 3.21. The second-order valence-electron chi connectivity index (χ2n) is 4.57. The average molecular weight is 276 g/mol. The van der Waals surface area contributed by atoms with Gasteiger partial charge in [0.25, 0.3) is 0 Å². The molecule has 0 saturated carbocycles. The molecule has 0 spiro atoms. The number of para-hydroxylation sites is 1. The topological polar surface area (TPSA) is 61.3 Å². The lowest BCUT2D eigenvalue weighted by Gasteiger charge is -2.23. The SMILES string of the molecule is Nc1cc(-c2ccccc2OC2CCCSC2)on1. The van der Waals surface area contributed by atoms with E-state index in [1.807, 2.05) is 36.0 Å². The third kappa shape index (κ3) is 2.87. The van der Waals surface area contributed by atoms with Crippen LogP contribution in [-0.2, 0) is 0 Å². The molecule has 1 aliphatic heterocycles. The summed E-state index contributed by atoms with van der Waals surface area (Å²) in [6, 6.07) is 9.57. The zero-order chi connectivity index (χ0) is 13.1. The van der Waals surface area contributed by atoms with E-state index in [9.17, 15) is 0 Å². The molecule has 0 radical (unpaired) electrons. The van der Waals surface area contributed by atoms with E-state index in [0.29, 0.717) is 11.6 Å². The van der Waals surface area contributed by atoms with Crippen LogP contribution in [0.1, 0.15) is 12.8 Å². The van der Waals surface area contributed by atoms with Crippen LogP contribution in [0.25, 0.3) is 11.3 Å². The zero-order valence-electron chi connectivity index (χ0n) is 10.5. The van der Waals surface area contributed by atoms with E-state index in [-0.39, 0.29) is 6.10 Å². The van der Waals surface area contributed by atoms with E-state index in [0.717, 1.165) is 23.5 Å². The second kappa shape index (κ2) is 5.57. The molecule has 100 valence electrons. The molecule has 0 aliphatic carbocycles. The summed E-state index contributed by atoms with van der Waals surface area (Å²) in [5, 5.41) is 3.72. The highest BCUT2D eigenvalue weighted by molar-refractivity contribution is 7.99. The number of anilines is 1. The molecule has 1 fully saturated rings. The lowest BCUT2D eigenvalue weighted by atomic mass is 10.1. The number of hydrogen-bond acceptors (Lipinski definition) is 5. The number of nitrogens with zero attached hydrogens (tertiary/aromatic N) is 1. The van der Waals surface area contributed by atoms with Gasteiger partial charge in [-0.25, -0.2) is 0 Å². The van der Waals surface area contributed by atoms with E-state index in [2.05, 4.69) is 5.16 Å². The predicted molar refractivity (Wildman–Crippen MR) is 77.3 cm³/mol. The van der Waals surface area contributed by atoms with Crippen LogP contribution in [0, 0.1) is 0 Å². The highest BCUT2D eigenvalue weighted by Crippen LogP contribution is 2.33. The van der Waals surface area contributed by atoms with Gasteiger partial charge in [0.15, 0.2) is 11.6 Å². The number of nitrogens with two attached hydrogens (primary N) is 1. The van der Waals surface area contributed by atoms with Crippen LogP contribution < -0.4 is 10.5 Å². The molecular formula is C14H16N2O2S. The monoisotopic (exact) mass is 276 g/mol. The molecule has 4 nitrogen and oxygen atoms in total. The highest BCUT2D eigenvalue weighted by Gasteiger charge is 2.18. The highest BCUT2D eigenvalue weighted by atomic mass is 32.2. The Morgan fingerprint density at radius 2 is 2.26 bits per heavy atom. The van der Waals surface area contributed by atoms with Crippen molar-refractivity contribution in [2.24, 2.45) is 0 Å². The molecule has 0 amide bonds. The van der Waals surface area contributed by atoms with E-state index >= 15 is 0 Å². The molecule has 2 heterocycles. The first-order valence-corrected chi connectivity index (χ1v) is 7.54. The molecule has 1 aliphatic rings. The summed E-state index contributed by atoms with van der Waals surface area (Å²) in [6.45, 7) is 0. The Hall–Kier alpha value is -1.62. The maximum atomic E-state index is 6.10. The average Bonchev–Trinajstić information content (AvgIpc) is 2.87. The van der Waals surface area contributed by atoms with Gasteiger partial charge < -0.3 is 15.0 Å². The summed E-state index contributed by atoms with van der Waals surface area (Å²) in [5.74, 6) is 4.16. The van der Waals surface area contributed by atoms with Crippen molar-refractivity contribution >= 4 is 17.6 Å². The summed E-state index contributed by atoms with van der Waals surface area (Å²) in [7, 11) is 0. The standard InChI is InChI=1S/C14H16N2O2S/c15-14-8-13(18-16-14)11-5-1-2-6-12(11)17-10-4-3-7-19-9-10/h1-2,5-6,8,10H,3-4,7,9H2,(H2,15,16). The van der Waals surface area contributed by atoms with Crippen molar-refractivity contribution in [2.75, 3.05) is 17.2 Å². The van der Waals surface area contributed by atoms with Crippen molar-refractivity contribution < 1.29 is 9.26 Å². The van der Waals surface area contributed by atoms with E-state index in [1.165, 1.54) is 12.2 Å². The molecule has 3 rings (SSSR count). The molecule has 1 unspecified atom stereocenters. The van der Waals surface area contributed by atoms with Gasteiger partial charge >= 0.3 is 0 Å². The first-order chi connectivity index (χ1) is 9.33. The van der Waals surface area contributed by atoms with Gasteiger partial charge in [0.1, 0.15) is 11.9 Å². The lowest BCUT2D eigenvalue weighted by Crippen LogP contribution is -2.23. The Balaban J connectivity index is 1.84. The largest absolute Gasteiger partial charge is 0.489 e. The normalized spacial score (nSPS) is 19.3. The molecule has 1 aromatic heterocycles. The van der Waals surface area contributed by atoms with Gasteiger partial charge in [-0.3, -0.25) is 0 Å². The molecule has 1 saturated heterocycles. The van der Waals surface area contributed by atoms with Crippen LogP contribution in [0.3, 0.4) is 0 Å². The maximum Gasteiger partial charge on any atom is 0.172 e. The van der Waals surface area contributed by atoms with Crippen LogP contribution in [-0.4, -0.2) is 22.8 Å². The summed E-state index contributed by atoms with van der Waals surface area (Å²) in [6.07, 6.45) is 2.60. The number of rotatable bonds is 3. The Bertz CT molecular complexity index is 550. The van der Waals surface area contributed by atoms with Gasteiger partial charge in [-0.1, -0.05) is 17.3 Å².